The number of Topliss-reactive ketones (excluding diaryl/α,β-unsaturated/α-hetero) is 1. The maximum atomic E-state index is 12.1. The minimum absolute atomic E-state index is 0.0129. The van der Waals surface area contributed by atoms with Gasteiger partial charge in [0.1, 0.15) is 0 Å². The molecular weight excluding hydrogens is 240 g/mol. The van der Waals surface area contributed by atoms with Crippen LogP contribution in [0.25, 0.3) is 0 Å². The van der Waals surface area contributed by atoms with E-state index in [9.17, 15) is 9.59 Å². The van der Waals surface area contributed by atoms with Gasteiger partial charge in [-0.2, -0.15) is 0 Å². The third-order valence-corrected chi connectivity index (χ3v) is 3.66. The SMILES string of the molecule is CC(=O)c1ccc(C(=O)NC2CCNCC2C)cc1. The Morgan fingerprint density at radius 2 is 1.84 bits per heavy atom. The molecule has 0 saturated carbocycles. The Hall–Kier alpha value is -1.68. The molecule has 0 radical (unpaired) electrons. The van der Waals surface area contributed by atoms with Gasteiger partial charge in [0.25, 0.3) is 5.91 Å². The quantitative estimate of drug-likeness (QED) is 0.812. The molecule has 1 fully saturated rings. The van der Waals surface area contributed by atoms with Crippen molar-refractivity contribution in [2.24, 2.45) is 5.92 Å². The van der Waals surface area contributed by atoms with E-state index in [1.165, 1.54) is 6.92 Å². The van der Waals surface area contributed by atoms with Crippen molar-refractivity contribution >= 4 is 11.7 Å². The van der Waals surface area contributed by atoms with Crippen LogP contribution in [0, 0.1) is 5.92 Å². The predicted octanol–water partition coefficient (Wildman–Crippen LogP) is 1.62. The van der Waals surface area contributed by atoms with E-state index in [-0.39, 0.29) is 17.7 Å². The molecule has 2 unspecified atom stereocenters. The maximum Gasteiger partial charge on any atom is 0.251 e. The Morgan fingerprint density at radius 3 is 2.42 bits per heavy atom. The number of piperidine rings is 1. The highest BCUT2D eigenvalue weighted by atomic mass is 16.1. The second-order valence-corrected chi connectivity index (χ2v) is 5.18. The average molecular weight is 260 g/mol. The first-order chi connectivity index (χ1) is 9.08. The average Bonchev–Trinajstić information content (AvgIpc) is 2.41. The van der Waals surface area contributed by atoms with Gasteiger partial charge < -0.3 is 10.6 Å². The standard InChI is InChI=1S/C15H20N2O2/c1-10-9-16-8-7-14(10)17-15(19)13-5-3-12(4-6-13)11(2)18/h3-6,10,14,16H,7-9H2,1-2H3,(H,17,19). The summed E-state index contributed by atoms with van der Waals surface area (Å²) in [6.07, 6.45) is 0.957. The summed E-state index contributed by atoms with van der Waals surface area (Å²) in [7, 11) is 0. The van der Waals surface area contributed by atoms with Crippen molar-refractivity contribution in [1.82, 2.24) is 10.6 Å². The van der Waals surface area contributed by atoms with Crippen LogP contribution >= 0.6 is 0 Å². The lowest BCUT2D eigenvalue weighted by atomic mass is 9.95. The second-order valence-electron chi connectivity index (χ2n) is 5.18. The van der Waals surface area contributed by atoms with Crippen LogP contribution in [0.1, 0.15) is 41.0 Å². The second kappa shape index (κ2) is 5.97. The fourth-order valence-corrected chi connectivity index (χ4v) is 2.34. The highest BCUT2D eigenvalue weighted by Crippen LogP contribution is 2.12. The van der Waals surface area contributed by atoms with Gasteiger partial charge in [0.15, 0.2) is 5.78 Å². The molecule has 1 aromatic rings. The van der Waals surface area contributed by atoms with Gasteiger partial charge in [0.05, 0.1) is 0 Å². The fourth-order valence-electron chi connectivity index (χ4n) is 2.34. The number of hydrogen-bond acceptors (Lipinski definition) is 3. The Kier molecular flexibility index (Phi) is 4.32. The molecule has 19 heavy (non-hydrogen) atoms. The highest BCUT2D eigenvalue weighted by Gasteiger charge is 2.22. The van der Waals surface area contributed by atoms with Gasteiger partial charge in [-0.3, -0.25) is 9.59 Å². The maximum absolute atomic E-state index is 12.1. The minimum Gasteiger partial charge on any atom is -0.349 e. The third-order valence-electron chi connectivity index (χ3n) is 3.66. The van der Waals surface area contributed by atoms with E-state index in [0.29, 0.717) is 17.0 Å². The molecule has 0 spiro atoms. The number of carbonyl (C=O) groups is 2. The van der Waals surface area contributed by atoms with E-state index in [4.69, 9.17) is 0 Å². The summed E-state index contributed by atoms with van der Waals surface area (Å²) in [6, 6.07) is 7.03. The van der Waals surface area contributed by atoms with E-state index < -0.39 is 0 Å². The van der Waals surface area contributed by atoms with Gasteiger partial charge in [-0.25, -0.2) is 0 Å². The molecular formula is C15H20N2O2. The van der Waals surface area contributed by atoms with Crippen LogP contribution < -0.4 is 10.6 Å². The Morgan fingerprint density at radius 1 is 1.21 bits per heavy atom. The van der Waals surface area contributed by atoms with Crippen LogP contribution in [0.4, 0.5) is 0 Å². The zero-order valence-corrected chi connectivity index (χ0v) is 11.4. The first-order valence-corrected chi connectivity index (χ1v) is 6.70. The molecule has 4 nitrogen and oxygen atoms in total. The lowest BCUT2D eigenvalue weighted by molar-refractivity contribution is 0.0913. The number of ketones is 1. The Bertz CT molecular complexity index is 468. The first kappa shape index (κ1) is 13.7. The zero-order chi connectivity index (χ0) is 13.8. The van der Waals surface area contributed by atoms with Crippen molar-refractivity contribution in [1.29, 1.82) is 0 Å². The Labute approximate surface area is 113 Å². The molecule has 1 aliphatic heterocycles. The van der Waals surface area contributed by atoms with Crippen molar-refractivity contribution < 1.29 is 9.59 Å². The predicted molar refractivity (Wildman–Crippen MR) is 74.4 cm³/mol. The molecule has 0 bridgehead atoms. The van der Waals surface area contributed by atoms with E-state index >= 15 is 0 Å². The lowest BCUT2D eigenvalue weighted by Crippen LogP contribution is -2.48. The van der Waals surface area contributed by atoms with Crippen LogP contribution in [-0.2, 0) is 0 Å². The molecule has 2 N–H and O–H groups in total. The number of nitrogens with one attached hydrogen (secondary N) is 2. The third kappa shape index (κ3) is 3.41. The first-order valence-electron chi connectivity index (χ1n) is 6.70. The van der Waals surface area contributed by atoms with Gasteiger partial charge >= 0.3 is 0 Å². The summed E-state index contributed by atoms with van der Waals surface area (Å²) in [6.45, 7) is 5.54. The number of hydrogen-bond donors (Lipinski definition) is 2. The zero-order valence-electron chi connectivity index (χ0n) is 11.4. The fraction of sp³-hybridized carbons (Fsp3) is 0.467. The minimum atomic E-state index is -0.0612. The van der Waals surface area contributed by atoms with Crippen molar-refractivity contribution in [2.75, 3.05) is 13.1 Å². The van der Waals surface area contributed by atoms with Crippen molar-refractivity contribution in [3.8, 4) is 0 Å². The summed E-state index contributed by atoms with van der Waals surface area (Å²) < 4.78 is 0. The molecule has 0 aromatic heterocycles. The van der Waals surface area contributed by atoms with E-state index in [2.05, 4.69) is 17.6 Å². The number of amides is 1. The summed E-state index contributed by atoms with van der Waals surface area (Å²) in [5.74, 6) is 0.391. The van der Waals surface area contributed by atoms with Gasteiger partial charge in [-0.15, -0.1) is 0 Å². The molecule has 0 aliphatic carbocycles. The summed E-state index contributed by atoms with van der Waals surface area (Å²) in [4.78, 5) is 23.3. The van der Waals surface area contributed by atoms with Crippen LogP contribution in [-0.4, -0.2) is 30.8 Å². The summed E-state index contributed by atoms with van der Waals surface area (Å²) in [5, 5.41) is 6.38. The molecule has 4 heteroatoms. The van der Waals surface area contributed by atoms with Crippen molar-refractivity contribution in [3.05, 3.63) is 35.4 Å². The normalized spacial score (nSPS) is 22.8. The molecule has 1 saturated heterocycles. The van der Waals surface area contributed by atoms with E-state index in [1.54, 1.807) is 24.3 Å². The lowest BCUT2D eigenvalue weighted by Gasteiger charge is -2.30. The molecule has 1 aromatic carbocycles. The van der Waals surface area contributed by atoms with Crippen LogP contribution in [0.3, 0.4) is 0 Å². The molecule has 2 atom stereocenters. The largest absolute Gasteiger partial charge is 0.349 e. The van der Waals surface area contributed by atoms with Gasteiger partial charge in [-0.1, -0.05) is 19.1 Å². The molecule has 1 amide bonds. The number of benzene rings is 1. The Balaban J connectivity index is 2.01. The number of rotatable bonds is 3. The van der Waals surface area contributed by atoms with Crippen LogP contribution in [0.5, 0.6) is 0 Å². The molecule has 1 aliphatic rings. The van der Waals surface area contributed by atoms with Gasteiger partial charge in [0.2, 0.25) is 0 Å². The molecule has 2 rings (SSSR count). The topological polar surface area (TPSA) is 58.2 Å². The van der Waals surface area contributed by atoms with Crippen molar-refractivity contribution in [3.63, 3.8) is 0 Å². The van der Waals surface area contributed by atoms with Gasteiger partial charge in [-0.05, 0) is 44.5 Å². The van der Waals surface area contributed by atoms with Crippen molar-refractivity contribution in [2.45, 2.75) is 26.3 Å². The summed E-state index contributed by atoms with van der Waals surface area (Å²) in [5.41, 5.74) is 1.24. The number of carbonyl (C=O) groups excluding carboxylic acids is 2. The smallest absolute Gasteiger partial charge is 0.251 e. The highest BCUT2D eigenvalue weighted by molar-refractivity contribution is 5.97. The summed E-state index contributed by atoms with van der Waals surface area (Å²) >= 11 is 0. The monoisotopic (exact) mass is 260 g/mol. The van der Waals surface area contributed by atoms with E-state index in [1.807, 2.05) is 0 Å². The van der Waals surface area contributed by atoms with Crippen LogP contribution in [0.2, 0.25) is 0 Å². The van der Waals surface area contributed by atoms with Gasteiger partial charge in [0, 0.05) is 17.2 Å². The van der Waals surface area contributed by atoms with Crippen LogP contribution in [0.15, 0.2) is 24.3 Å². The molecule has 102 valence electrons. The molecule has 1 heterocycles. The van der Waals surface area contributed by atoms with E-state index in [0.717, 1.165) is 19.5 Å².